The topological polar surface area (TPSA) is 53.4 Å². The van der Waals surface area contributed by atoms with Crippen LogP contribution in [0.25, 0.3) is 5.65 Å². The molecule has 136 valence electrons. The Morgan fingerprint density at radius 3 is 2.85 bits per heavy atom. The first-order chi connectivity index (χ1) is 12.7. The van der Waals surface area contributed by atoms with Crippen LogP contribution < -0.4 is 5.56 Å². The van der Waals surface area contributed by atoms with Crippen LogP contribution in [0.15, 0.2) is 41.2 Å². The fourth-order valence-electron chi connectivity index (χ4n) is 4.03. The maximum atomic E-state index is 12.6. The number of aryl methyl sites for hydroxylation is 1. The lowest BCUT2D eigenvalue weighted by Crippen LogP contribution is -2.23. The van der Waals surface area contributed by atoms with Crippen molar-refractivity contribution in [1.82, 2.24) is 19.5 Å². The summed E-state index contributed by atoms with van der Waals surface area (Å²) in [6.45, 7) is 7.15. The lowest BCUT2D eigenvalue weighted by molar-refractivity contribution is 0.338. The van der Waals surface area contributed by atoms with Gasteiger partial charge in [-0.25, -0.2) is 9.50 Å². The maximum absolute atomic E-state index is 12.6. The third-order valence-electron chi connectivity index (χ3n) is 5.56. The molecule has 0 bridgehead atoms. The highest BCUT2D eigenvalue weighted by atomic mass is 16.1. The van der Waals surface area contributed by atoms with Crippen LogP contribution >= 0.6 is 0 Å². The predicted molar refractivity (Wildman–Crippen MR) is 104 cm³/mol. The maximum Gasteiger partial charge on any atom is 0.276 e. The van der Waals surface area contributed by atoms with E-state index < -0.39 is 0 Å². The number of aromatic nitrogens is 3. The third-order valence-corrected chi connectivity index (χ3v) is 5.56. The van der Waals surface area contributed by atoms with Crippen LogP contribution in [-0.2, 0) is 12.8 Å². The zero-order chi connectivity index (χ0) is 18.1. The van der Waals surface area contributed by atoms with Crippen molar-refractivity contribution < 1.29 is 0 Å². The van der Waals surface area contributed by atoms with E-state index in [1.165, 1.54) is 5.56 Å². The van der Waals surface area contributed by atoms with Gasteiger partial charge in [-0.2, -0.15) is 0 Å². The molecule has 1 aromatic carbocycles. The molecule has 2 aromatic heterocycles. The lowest BCUT2D eigenvalue weighted by atomic mass is 10.1. The Bertz CT molecular complexity index is 957. The van der Waals surface area contributed by atoms with E-state index in [0.29, 0.717) is 12.3 Å². The van der Waals surface area contributed by atoms with Crippen LogP contribution in [0, 0.1) is 6.92 Å². The summed E-state index contributed by atoms with van der Waals surface area (Å²) >= 11 is 0. The van der Waals surface area contributed by atoms with Gasteiger partial charge < -0.3 is 4.90 Å². The van der Waals surface area contributed by atoms with Gasteiger partial charge in [0.25, 0.3) is 5.56 Å². The summed E-state index contributed by atoms with van der Waals surface area (Å²) in [4.78, 5) is 19.7. The lowest BCUT2D eigenvalue weighted by Gasteiger charge is -2.15. The average molecular weight is 350 g/mol. The van der Waals surface area contributed by atoms with E-state index in [1.54, 1.807) is 4.52 Å². The van der Waals surface area contributed by atoms with Gasteiger partial charge in [-0.15, -0.1) is 0 Å². The fourth-order valence-corrected chi connectivity index (χ4v) is 4.03. The number of hydrogen-bond acceptors (Lipinski definition) is 3. The number of aromatic amines is 1. The van der Waals surface area contributed by atoms with Crippen LogP contribution in [0.5, 0.6) is 0 Å². The first kappa shape index (κ1) is 17.0. The van der Waals surface area contributed by atoms with Gasteiger partial charge >= 0.3 is 0 Å². The number of H-pyrrole nitrogens is 1. The van der Waals surface area contributed by atoms with E-state index in [1.807, 2.05) is 13.8 Å². The first-order valence-corrected chi connectivity index (χ1v) is 9.53. The SMILES string of the molecule is CCc1c(C)nc2cc([C@@H]3CCN(CCc4ccccc4)C3)[nH]n2c1=O. The highest BCUT2D eigenvalue weighted by molar-refractivity contribution is 5.42. The molecule has 0 amide bonds. The Kier molecular flexibility index (Phi) is 4.64. The molecule has 1 fully saturated rings. The van der Waals surface area contributed by atoms with Crippen molar-refractivity contribution in [3.05, 3.63) is 69.3 Å². The number of nitrogens with one attached hydrogen (secondary N) is 1. The minimum Gasteiger partial charge on any atom is -0.302 e. The highest BCUT2D eigenvalue weighted by Gasteiger charge is 2.25. The standard InChI is InChI=1S/C21H26N4O/c1-3-18-15(2)22-20-13-19(23-25(20)21(18)26)17-10-12-24(14-17)11-9-16-7-5-4-6-8-16/h4-8,13,17,23H,3,9-12,14H2,1-2H3/t17-/m1/s1. The van der Waals surface area contributed by atoms with Gasteiger partial charge in [-0.1, -0.05) is 37.3 Å². The normalized spacial score (nSPS) is 18.0. The predicted octanol–water partition coefficient (Wildman–Crippen LogP) is 2.93. The van der Waals surface area contributed by atoms with Gasteiger partial charge in [-0.05, 0) is 38.3 Å². The molecule has 0 radical (unpaired) electrons. The van der Waals surface area contributed by atoms with Crippen molar-refractivity contribution >= 4 is 5.65 Å². The van der Waals surface area contributed by atoms with Crippen molar-refractivity contribution in [1.29, 1.82) is 0 Å². The van der Waals surface area contributed by atoms with Crippen LogP contribution in [-0.4, -0.2) is 39.1 Å². The average Bonchev–Trinajstić information content (AvgIpc) is 3.28. The minimum absolute atomic E-state index is 0.0418. The molecule has 5 nitrogen and oxygen atoms in total. The molecule has 26 heavy (non-hydrogen) atoms. The Balaban J connectivity index is 1.48. The largest absolute Gasteiger partial charge is 0.302 e. The van der Waals surface area contributed by atoms with Gasteiger partial charge in [-0.3, -0.25) is 9.89 Å². The number of fused-ring (bicyclic) bond motifs is 1. The van der Waals surface area contributed by atoms with E-state index in [4.69, 9.17) is 0 Å². The van der Waals surface area contributed by atoms with Gasteiger partial charge in [0.2, 0.25) is 0 Å². The molecule has 3 heterocycles. The Morgan fingerprint density at radius 2 is 2.08 bits per heavy atom. The Morgan fingerprint density at radius 1 is 1.27 bits per heavy atom. The summed E-state index contributed by atoms with van der Waals surface area (Å²) < 4.78 is 1.62. The van der Waals surface area contributed by atoms with E-state index in [-0.39, 0.29) is 5.56 Å². The van der Waals surface area contributed by atoms with Gasteiger partial charge in [0, 0.05) is 42.0 Å². The molecule has 1 atom stereocenters. The van der Waals surface area contributed by atoms with E-state index in [0.717, 1.165) is 55.1 Å². The van der Waals surface area contributed by atoms with E-state index in [2.05, 4.69) is 51.4 Å². The summed E-state index contributed by atoms with van der Waals surface area (Å²) in [5.74, 6) is 0.442. The van der Waals surface area contributed by atoms with Crippen LogP contribution in [0.2, 0.25) is 0 Å². The second-order valence-electron chi connectivity index (χ2n) is 7.26. The van der Waals surface area contributed by atoms with Crippen molar-refractivity contribution in [2.45, 2.75) is 39.0 Å². The van der Waals surface area contributed by atoms with Crippen LogP contribution in [0.4, 0.5) is 0 Å². The third kappa shape index (κ3) is 3.19. The van der Waals surface area contributed by atoms with Crippen LogP contribution in [0.3, 0.4) is 0 Å². The second-order valence-corrected chi connectivity index (χ2v) is 7.26. The number of benzene rings is 1. The number of rotatable bonds is 5. The zero-order valence-electron chi connectivity index (χ0n) is 15.5. The summed E-state index contributed by atoms with van der Waals surface area (Å²) in [5, 5.41) is 3.32. The first-order valence-electron chi connectivity index (χ1n) is 9.53. The van der Waals surface area contributed by atoms with Crippen molar-refractivity contribution in [3.63, 3.8) is 0 Å². The molecule has 5 heteroatoms. The molecular weight excluding hydrogens is 324 g/mol. The molecule has 3 aromatic rings. The molecule has 1 aliphatic heterocycles. The molecule has 1 aliphatic rings. The Labute approximate surface area is 153 Å². The quantitative estimate of drug-likeness (QED) is 0.770. The Hall–Kier alpha value is -2.40. The summed E-state index contributed by atoms with van der Waals surface area (Å²) in [6.07, 6.45) is 2.92. The number of hydrogen-bond donors (Lipinski definition) is 1. The van der Waals surface area contributed by atoms with Crippen molar-refractivity contribution in [3.8, 4) is 0 Å². The molecule has 4 rings (SSSR count). The number of nitrogens with zero attached hydrogens (tertiary/aromatic N) is 3. The molecule has 1 N–H and O–H groups in total. The molecular formula is C21H26N4O. The number of likely N-dealkylation sites (tertiary alicyclic amines) is 1. The van der Waals surface area contributed by atoms with Gasteiger partial charge in [0.1, 0.15) is 0 Å². The highest BCUT2D eigenvalue weighted by Crippen LogP contribution is 2.26. The molecule has 0 saturated carbocycles. The summed E-state index contributed by atoms with van der Waals surface area (Å²) in [7, 11) is 0. The summed E-state index contributed by atoms with van der Waals surface area (Å²) in [5.41, 5.74) is 4.94. The molecule has 0 spiro atoms. The smallest absolute Gasteiger partial charge is 0.276 e. The zero-order valence-corrected chi connectivity index (χ0v) is 15.5. The fraction of sp³-hybridized carbons (Fsp3) is 0.429. The van der Waals surface area contributed by atoms with E-state index >= 15 is 0 Å². The molecule has 0 aliphatic carbocycles. The molecule has 0 unspecified atom stereocenters. The van der Waals surface area contributed by atoms with E-state index in [9.17, 15) is 4.79 Å². The van der Waals surface area contributed by atoms with Crippen molar-refractivity contribution in [2.24, 2.45) is 0 Å². The summed E-state index contributed by atoms with van der Waals surface area (Å²) in [6, 6.07) is 12.7. The van der Waals surface area contributed by atoms with Gasteiger partial charge in [0.15, 0.2) is 5.65 Å². The minimum atomic E-state index is 0.0418. The monoisotopic (exact) mass is 350 g/mol. The van der Waals surface area contributed by atoms with Crippen molar-refractivity contribution in [2.75, 3.05) is 19.6 Å². The van der Waals surface area contributed by atoms with Crippen LogP contribution in [0.1, 0.15) is 41.8 Å². The second kappa shape index (κ2) is 7.08. The van der Waals surface area contributed by atoms with Gasteiger partial charge in [0.05, 0.1) is 0 Å². The molecule has 1 saturated heterocycles.